The van der Waals surface area contributed by atoms with Gasteiger partial charge in [0, 0.05) is 5.92 Å². The van der Waals surface area contributed by atoms with Crippen molar-refractivity contribution in [2.45, 2.75) is 13.8 Å². The number of hydrazone groups is 1. The second-order valence-electron chi connectivity index (χ2n) is 2.98. The molecule has 0 spiro atoms. The minimum atomic E-state index is 0.167. The van der Waals surface area contributed by atoms with E-state index in [1.165, 1.54) is 0 Å². The number of nitrogens with zero attached hydrogens (tertiary/aromatic N) is 1. The predicted molar refractivity (Wildman–Crippen MR) is 39.0 cm³/mol. The van der Waals surface area contributed by atoms with Crippen molar-refractivity contribution in [1.29, 1.82) is 0 Å². The van der Waals surface area contributed by atoms with Gasteiger partial charge in [-0.05, 0) is 0 Å². The van der Waals surface area contributed by atoms with Gasteiger partial charge in [0.15, 0.2) is 6.54 Å². The summed E-state index contributed by atoms with van der Waals surface area (Å²) in [6, 6.07) is 0. The van der Waals surface area contributed by atoms with Crippen LogP contribution in [-0.2, 0) is 4.79 Å². The van der Waals surface area contributed by atoms with Gasteiger partial charge in [-0.25, -0.2) is 0 Å². The summed E-state index contributed by atoms with van der Waals surface area (Å²) in [5, 5.41) is 0. The number of Topliss-reactive ketones (excluding diaryl/α,β-unsaturated/α-hetero) is 1. The standard InChI is InChI=1S/C7H12N2O/c1-6(2)4-9-5-7(10)3-8-9/h5-6H,3-4H2,1-2H3/p+1. The first-order valence-electron chi connectivity index (χ1n) is 3.56. The number of hydrazine groups is 1. The molecule has 0 aromatic heterocycles. The first-order valence-corrected chi connectivity index (χ1v) is 3.56. The maximum Gasteiger partial charge on any atom is 0.245 e. The van der Waals surface area contributed by atoms with Crippen molar-refractivity contribution in [3.05, 3.63) is 0 Å². The Morgan fingerprint density at radius 3 is 2.90 bits per heavy atom. The van der Waals surface area contributed by atoms with Crippen LogP contribution in [0, 0.1) is 5.92 Å². The second kappa shape index (κ2) is 2.82. The lowest BCUT2D eigenvalue weighted by Gasteiger charge is -1.99. The van der Waals surface area contributed by atoms with E-state index in [9.17, 15) is 4.79 Å². The minimum Gasteiger partial charge on any atom is -0.286 e. The molecule has 0 atom stereocenters. The van der Waals surface area contributed by atoms with Gasteiger partial charge < -0.3 is 0 Å². The largest absolute Gasteiger partial charge is 0.286 e. The molecule has 3 heteroatoms. The third-order valence-electron chi connectivity index (χ3n) is 1.32. The smallest absolute Gasteiger partial charge is 0.245 e. The Morgan fingerprint density at radius 1 is 1.80 bits per heavy atom. The Labute approximate surface area is 60.7 Å². The van der Waals surface area contributed by atoms with Crippen molar-refractivity contribution in [3.63, 3.8) is 0 Å². The first-order chi connectivity index (χ1) is 4.68. The Bertz CT molecular complexity index is 172. The molecule has 1 aliphatic heterocycles. The highest BCUT2D eigenvalue weighted by atomic mass is 16.1. The predicted octanol–water partition coefficient (Wildman–Crippen LogP) is -0.187. The first kappa shape index (κ1) is 7.25. The van der Waals surface area contributed by atoms with Crippen LogP contribution in [0.5, 0.6) is 0 Å². The van der Waals surface area contributed by atoms with Crippen LogP contribution in [0.4, 0.5) is 0 Å². The summed E-state index contributed by atoms with van der Waals surface area (Å²) in [5.74, 6) is 0.760. The van der Waals surface area contributed by atoms with Gasteiger partial charge in [0.1, 0.15) is 6.54 Å². The number of hydrogen-bond acceptors (Lipinski definition) is 2. The van der Waals surface area contributed by atoms with Crippen LogP contribution >= 0.6 is 0 Å². The van der Waals surface area contributed by atoms with Crippen LogP contribution in [-0.4, -0.2) is 29.8 Å². The quantitative estimate of drug-likeness (QED) is 0.541. The third kappa shape index (κ3) is 1.83. The van der Waals surface area contributed by atoms with Crippen LogP contribution in [0.2, 0.25) is 0 Å². The van der Waals surface area contributed by atoms with Crippen LogP contribution < -0.4 is 5.43 Å². The van der Waals surface area contributed by atoms with Crippen LogP contribution in [0.15, 0.2) is 0 Å². The molecule has 0 fully saturated rings. The average molecular weight is 141 g/mol. The van der Waals surface area contributed by atoms with Gasteiger partial charge >= 0.3 is 0 Å². The van der Waals surface area contributed by atoms with E-state index in [1.54, 1.807) is 6.21 Å². The molecule has 0 radical (unpaired) electrons. The number of hydrogen-bond donors (Lipinski definition) is 1. The molecular weight excluding hydrogens is 128 g/mol. The molecular formula is C7H13N2O+. The summed E-state index contributed by atoms with van der Waals surface area (Å²) in [7, 11) is 0. The zero-order chi connectivity index (χ0) is 7.56. The Kier molecular flexibility index (Phi) is 2.04. The lowest BCUT2D eigenvalue weighted by Crippen LogP contribution is -2.27. The molecule has 1 aliphatic rings. The van der Waals surface area contributed by atoms with Crippen molar-refractivity contribution >= 4 is 12.0 Å². The van der Waals surface area contributed by atoms with E-state index in [0.29, 0.717) is 12.5 Å². The van der Waals surface area contributed by atoms with Gasteiger partial charge in [-0.15, -0.1) is 4.68 Å². The Hall–Kier alpha value is -0.860. The van der Waals surface area contributed by atoms with Gasteiger partial charge in [-0.2, -0.15) is 5.43 Å². The fourth-order valence-electron chi connectivity index (χ4n) is 0.955. The van der Waals surface area contributed by atoms with Crippen molar-refractivity contribution in [3.8, 4) is 0 Å². The molecule has 0 saturated heterocycles. The summed E-state index contributed by atoms with van der Waals surface area (Å²) < 4.78 is 1.85. The number of carbonyl (C=O) groups is 1. The van der Waals surface area contributed by atoms with E-state index in [4.69, 9.17) is 0 Å². The lowest BCUT2D eigenvalue weighted by molar-refractivity contribution is -0.580. The summed E-state index contributed by atoms with van der Waals surface area (Å²) >= 11 is 0. The number of carbonyl (C=O) groups excluding carboxylic acids is 1. The fraction of sp³-hybridized carbons (Fsp3) is 0.714. The molecule has 1 N–H and O–H groups in total. The maximum absolute atomic E-state index is 10.7. The second-order valence-corrected chi connectivity index (χ2v) is 2.98. The van der Waals surface area contributed by atoms with Gasteiger partial charge in [-0.1, -0.05) is 13.8 Å². The van der Waals surface area contributed by atoms with Crippen molar-refractivity contribution < 1.29 is 9.48 Å². The van der Waals surface area contributed by atoms with Gasteiger partial charge in [0.25, 0.3) is 0 Å². The van der Waals surface area contributed by atoms with Crippen LogP contribution in [0.25, 0.3) is 0 Å². The summed E-state index contributed by atoms with van der Waals surface area (Å²) in [6.45, 7) is 5.62. The van der Waals surface area contributed by atoms with E-state index >= 15 is 0 Å². The fourth-order valence-corrected chi connectivity index (χ4v) is 0.955. The van der Waals surface area contributed by atoms with Crippen molar-refractivity contribution in [2.75, 3.05) is 13.1 Å². The van der Waals surface area contributed by atoms with Gasteiger partial charge in [0.2, 0.25) is 12.0 Å². The molecule has 0 saturated carbocycles. The zero-order valence-corrected chi connectivity index (χ0v) is 6.42. The highest BCUT2D eigenvalue weighted by Crippen LogP contribution is 1.91. The van der Waals surface area contributed by atoms with Gasteiger partial charge in [0.05, 0.1) is 0 Å². The normalized spacial score (nSPS) is 17.5. The molecule has 1 heterocycles. The number of rotatable bonds is 2. The number of nitrogens with one attached hydrogen (secondary N) is 1. The monoisotopic (exact) mass is 141 g/mol. The molecule has 0 bridgehead atoms. The SMILES string of the molecule is CC(C)C[N+]1=CC(=O)CN1. The molecule has 0 amide bonds. The summed E-state index contributed by atoms with van der Waals surface area (Å²) in [4.78, 5) is 10.7. The van der Waals surface area contributed by atoms with E-state index in [0.717, 1.165) is 6.54 Å². The number of ketones is 1. The highest BCUT2D eigenvalue weighted by Gasteiger charge is 2.18. The molecule has 0 aromatic carbocycles. The van der Waals surface area contributed by atoms with E-state index in [2.05, 4.69) is 19.3 Å². The molecule has 0 aromatic rings. The highest BCUT2D eigenvalue weighted by molar-refractivity contribution is 6.27. The van der Waals surface area contributed by atoms with Crippen LogP contribution in [0.3, 0.4) is 0 Å². The zero-order valence-electron chi connectivity index (χ0n) is 6.42. The Balaban J connectivity index is 2.43. The lowest BCUT2D eigenvalue weighted by atomic mass is 10.2. The molecule has 1 rings (SSSR count). The third-order valence-corrected chi connectivity index (χ3v) is 1.32. The maximum atomic E-state index is 10.7. The van der Waals surface area contributed by atoms with Gasteiger partial charge in [-0.3, -0.25) is 4.79 Å². The topological polar surface area (TPSA) is 32.1 Å². The average Bonchev–Trinajstić information content (AvgIpc) is 2.13. The molecule has 0 aliphatic carbocycles. The Morgan fingerprint density at radius 2 is 2.50 bits per heavy atom. The van der Waals surface area contributed by atoms with Crippen molar-refractivity contribution in [2.24, 2.45) is 5.92 Å². The van der Waals surface area contributed by atoms with E-state index in [-0.39, 0.29) is 5.78 Å². The molecule has 3 nitrogen and oxygen atoms in total. The molecule has 0 unspecified atom stereocenters. The van der Waals surface area contributed by atoms with E-state index < -0.39 is 0 Å². The van der Waals surface area contributed by atoms with Crippen molar-refractivity contribution in [1.82, 2.24) is 5.43 Å². The summed E-state index contributed by atoms with van der Waals surface area (Å²) in [6.07, 6.45) is 1.62. The minimum absolute atomic E-state index is 0.167. The summed E-state index contributed by atoms with van der Waals surface area (Å²) in [5.41, 5.74) is 2.97. The molecule has 56 valence electrons. The van der Waals surface area contributed by atoms with E-state index in [1.807, 2.05) is 4.68 Å². The molecule has 10 heavy (non-hydrogen) atoms. The van der Waals surface area contributed by atoms with Crippen LogP contribution in [0.1, 0.15) is 13.8 Å².